The summed E-state index contributed by atoms with van der Waals surface area (Å²) in [4.78, 5) is 0. The van der Waals surface area contributed by atoms with E-state index in [4.69, 9.17) is 0 Å². The Kier molecular flexibility index (Phi) is 4.31. The third-order valence-electron chi connectivity index (χ3n) is 2.27. The minimum atomic E-state index is 0.598. The Balaban J connectivity index is 2.73. The molecule has 0 aliphatic rings. The van der Waals surface area contributed by atoms with Crippen molar-refractivity contribution in [2.45, 2.75) is 32.6 Å². The maximum atomic E-state index is 2.31. The number of allylic oxidation sites excluding steroid dienone is 2. The summed E-state index contributed by atoms with van der Waals surface area (Å²) in [5.41, 5.74) is 1.43. The summed E-state index contributed by atoms with van der Waals surface area (Å²) in [6.07, 6.45) is 6.88. The predicted octanol–water partition coefficient (Wildman–Crippen LogP) is 4.15. The lowest BCUT2D eigenvalue weighted by atomic mass is 9.96. The molecule has 1 aromatic rings. The second-order valence-corrected chi connectivity index (χ2v) is 3.26. The molecule has 0 amide bonds. The zero-order valence-corrected chi connectivity index (χ0v) is 8.53. The van der Waals surface area contributed by atoms with Crippen LogP contribution in [0.3, 0.4) is 0 Å². The van der Waals surface area contributed by atoms with Crippen LogP contribution in [0.1, 0.15) is 38.2 Å². The molecule has 1 aromatic carbocycles. The van der Waals surface area contributed by atoms with E-state index >= 15 is 0 Å². The summed E-state index contributed by atoms with van der Waals surface area (Å²) in [6, 6.07) is 10.7. The number of hydrogen-bond acceptors (Lipinski definition) is 0. The largest absolute Gasteiger partial charge is 0.0882 e. The smallest absolute Gasteiger partial charge is 0.00153 e. The Morgan fingerprint density at radius 3 is 2.38 bits per heavy atom. The molecule has 0 heteroatoms. The van der Waals surface area contributed by atoms with Crippen LogP contribution in [0.5, 0.6) is 0 Å². The Hall–Kier alpha value is -1.04. The maximum Gasteiger partial charge on any atom is 0.00153 e. The van der Waals surface area contributed by atoms with Crippen molar-refractivity contribution in [2.75, 3.05) is 0 Å². The first-order chi connectivity index (χ1) is 6.38. The average molecular weight is 174 g/mol. The summed E-state index contributed by atoms with van der Waals surface area (Å²) in [5, 5.41) is 0. The molecule has 0 saturated heterocycles. The Morgan fingerprint density at radius 2 is 1.85 bits per heavy atom. The minimum absolute atomic E-state index is 0.598. The second kappa shape index (κ2) is 5.58. The van der Waals surface area contributed by atoms with Gasteiger partial charge in [0.05, 0.1) is 0 Å². The van der Waals surface area contributed by atoms with Gasteiger partial charge in [0.1, 0.15) is 0 Å². The molecule has 0 aliphatic carbocycles. The van der Waals surface area contributed by atoms with Gasteiger partial charge in [-0.05, 0) is 18.4 Å². The maximum absolute atomic E-state index is 2.31. The fraction of sp³-hybridized carbons (Fsp3) is 0.385. The average Bonchev–Trinajstić information content (AvgIpc) is 2.21. The van der Waals surface area contributed by atoms with Crippen LogP contribution in [-0.2, 0) is 0 Å². The van der Waals surface area contributed by atoms with Crippen LogP contribution in [0.4, 0.5) is 0 Å². The van der Waals surface area contributed by atoms with Crippen molar-refractivity contribution in [3.63, 3.8) is 0 Å². The lowest BCUT2D eigenvalue weighted by molar-refractivity contribution is 0.801. The van der Waals surface area contributed by atoms with Crippen LogP contribution in [-0.4, -0.2) is 0 Å². The van der Waals surface area contributed by atoms with Crippen molar-refractivity contribution in [3.05, 3.63) is 48.0 Å². The Labute approximate surface area is 81.3 Å². The van der Waals surface area contributed by atoms with Crippen molar-refractivity contribution in [1.82, 2.24) is 0 Å². The van der Waals surface area contributed by atoms with Crippen LogP contribution in [0.2, 0.25) is 0 Å². The van der Waals surface area contributed by atoms with E-state index in [2.05, 4.69) is 56.3 Å². The van der Waals surface area contributed by atoms with E-state index in [0.29, 0.717) is 5.92 Å². The first-order valence-corrected chi connectivity index (χ1v) is 5.10. The standard InChI is InChI=1S/C13H18/c1-3-5-9-12(4-2)13-10-7-6-8-11-13/h5-12H,3-4H2,1-2H3/b9-5-. The SMILES string of the molecule is CC/C=C\C(CC)c1ccccc1. The predicted molar refractivity (Wildman–Crippen MR) is 58.9 cm³/mol. The molecule has 0 spiro atoms. The van der Waals surface area contributed by atoms with Gasteiger partial charge in [-0.25, -0.2) is 0 Å². The molecule has 70 valence electrons. The van der Waals surface area contributed by atoms with Gasteiger partial charge in [0.2, 0.25) is 0 Å². The fourth-order valence-electron chi connectivity index (χ4n) is 1.48. The molecular weight excluding hydrogens is 156 g/mol. The van der Waals surface area contributed by atoms with E-state index in [1.54, 1.807) is 0 Å². The number of hydrogen-bond donors (Lipinski definition) is 0. The highest BCUT2D eigenvalue weighted by atomic mass is 14.1. The zero-order valence-electron chi connectivity index (χ0n) is 8.53. The lowest BCUT2D eigenvalue weighted by Gasteiger charge is -2.09. The van der Waals surface area contributed by atoms with E-state index in [0.717, 1.165) is 6.42 Å². The fourth-order valence-corrected chi connectivity index (χ4v) is 1.48. The molecule has 0 bridgehead atoms. The van der Waals surface area contributed by atoms with Gasteiger partial charge in [-0.1, -0.05) is 56.3 Å². The highest BCUT2D eigenvalue weighted by Crippen LogP contribution is 2.20. The van der Waals surface area contributed by atoms with Gasteiger partial charge >= 0.3 is 0 Å². The molecule has 0 radical (unpaired) electrons. The zero-order chi connectivity index (χ0) is 9.52. The minimum Gasteiger partial charge on any atom is -0.0882 e. The summed E-state index contributed by atoms with van der Waals surface area (Å²) in [5.74, 6) is 0.598. The molecule has 1 rings (SSSR count). The van der Waals surface area contributed by atoms with Gasteiger partial charge in [0, 0.05) is 5.92 Å². The summed E-state index contributed by atoms with van der Waals surface area (Å²) < 4.78 is 0. The Bertz CT molecular complexity index is 246. The number of rotatable bonds is 4. The monoisotopic (exact) mass is 174 g/mol. The van der Waals surface area contributed by atoms with Crippen molar-refractivity contribution in [1.29, 1.82) is 0 Å². The molecule has 0 fully saturated rings. The van der Waals surface area contributed by atoms with E-state index in [1.165, 1.54) is 12.0 Å². The van der Waals surface area contributed by atoms with E-state index in [-0.39, 0.29) is 0 Å². The van der Waals surface area contributed by atoms with Gasteiger partial charge in [0.25, 0.3) is 0 Å². The quantitative estimate of drug-likeness (QED) is 0.602. The molecule has 0 heterocycles. The van der Waals surface area contributed by atoms with Gasteiger partial charge in [0.15, 0.2) is 0 Å². The van der Waals surface area contributed by atoms with Crippen LogP contribution in [0.25, 0.3) is 0 Å². The molecule has 0 aliphatic heterocycles. The van der Waals surface area contributed by atoms with Crippen LogP contribution < -0.4 is 0 Å². The molecule has 1 atom stereocenters. The third-order valence-corrected chi connectivity index (χ3v) is 2.27. The van der Waals surface area contributed by atoms with Gasteiger partial charge < -0.3 is 0 Å². The van der Waals surface area contributed by atoms with Crippen molar-refractivity contribution < 1.29 is 0 Å². The van der Waals surface area contributed by atoms with Crippen LogP contribution in [0.15, 0.2) is 42.5 Å². The number of benzene rings is 1. The molecule has 0 N–H and O–H groups in total. The Morgan fingerprint density at radius 1 is 1.15 bits per heavy atom. The highest BCUT2D eigenvalue weighted by molar-refractivity contribution is 5.23. The first kappa shape index (κ1) is 10.0. The summed E-state index contributed by atoms with van der Waals surface area (Å²) in [7, 11) is 0. The van der Waals surface area contributed by atoms with Crippen LogP contribution >= 0.6 is 0 Å². The molecule has 0 nitrogen and oxygen atoms in total. The van der Waals surface area contributed by atoms with Crippen molar-refractivity contribution >= 4 is 0 Å². The lowest BCUT2D eigenvalue weighted by Crippen LogP contribution is -1.91. The molecule has 1 unspecified atom stereocenters. The van der Waals surface area contributed by atoms with E-state index in [9.17, 15) is 0 Å². The van der Waals surface area contributed by atoms with Gasteiger partial charge in [-0.2, -0.15) is 0 Å². The van der Waals surface area contributed by atoms with Gasteiger partial charge in [-0.3, -0.25) is 0 Å². The van der Waals surface area contributed by atoms with Crippen molar-refractivity contribution in [3.8, 4) is 0 Å². The van der Waals surface area contributed by atoms with E-state index < -0.39 is 0 Å². The third kappa shape index (κ3) is 3.06. The van der Waals surface area contributed by atoms with Crippen molar-refractivity contribution in [2.24, 2.45) is 0 Å². The topological polar surface area (TPSA) is 0 Å². The first-order valence-electron chi connectivity index (χ1n) is 5.10. The summed E-state index contributed by atoms with van der Waals surface area (Å²) >= 11 is 0. The molecule has 0 saturated carbocycles. The molecule has 0 aromatic heterocycles. The normalized spacial score (nSPS) is 13.4. The van der Waals surface area contributed by atoms with Crippen LogP contribution in [0, 0.1) is 0 Å². The van der Waals surface area contributed by atoms with E-state index in [1.807, 2.05) is 0 Å². The summed E-state index contributed by atoms with van der Waals surface area (Å²) in [6.45, 7) is 4.41. The second-order valence-electron chi connectivity index (χ2n) is 3.26. The highest BCUT2D eigenvalue weighted by Gasteiger charge is 2.02. The molecular formula is C13H18. The van der Waals surface area contributed by atoms with Gasteiger partial charge in [-0.15, -0.1) is 0 Å². The molecule has 13 heavy (non-hydrogen) atoms.